The van der Waals surface area contributed by atoms with Crippen molar-refractivity contribution in [2.45, 2.75) is 40.5 Å². The number of allylic oxidation sites excluding steroid dienone is 6. The van der Waals surface area contributed by atoms with Crippen LogP contribution in [0.15, 0.2) is 35.5 Å². The highest BCUT2D eigenvalue weighted by Gasteiger charge is 1.94. The topological polar surface area (TPSA) is 0 Å². The van der Waals surface area contributed by atoms with E-state index in [1.807, 2.05) is 13.8 Å². The second kappa shape index (κ2) is 6.90. The second-order valence-corrected chi connectivity index (χ2v) is 2.60. The molecule has 0 bridgehead atoms. The fraction of sp³-hybridized carbons (Fsp3) is 0.500. The van der Waals surface area contributed by atoms with E-state index in [1.165, 1.54) is 11.1 Å². The minimum atomic E-state index is 1.08. The third kappa shape index (κ3) is 3.56. The summed E-state index contributed by atoms with van der Waals surface area (Å²) in [6, 6.07) is 0. The van der Waals surface area contributed by atoms with Crippen LogP contribution in [0.2, 0.25) is 0 Å². The first-order valence-corrected chi connectivity index (χ1v) is 4.87. The molecule has 0 saturated carbocycles. The van der Waals surface area contributed by atoms with Gasteiger partial charge in [0.25, 0.3) is 0 Å². The van der Waals surface area contributed by atoms with Gasteiger partial charge in [-0.25, -0.2) is 0 Å². The third-order valence-electron chi connectivity index (χ3n) is 1.85. The summed E-state index contributed by atoms with van der Waals surface area (Å²) in [6.45, 7) is 8.37. The molecule has 0 aromatic carbocycles. The molecule has 0 unspecified atom stereocenters. The average molecular weight is 164 g/mol. The van der Waals surface area contributed by atoms with Crippen molar-refractivity contribution in [3.63, 3.8) is 0 Å². The molecule has 0 nitrogen and oxygen atoms in total. The quantitative estimate of drug-likeness (QED) is 0.543. The molecule has 0 heteroatoms. The van der Waals surface area contributed by atoms with E-state index in [4.69, 9.17) is 0 Å². The largest absolute Gasteiger partial charge is 0.0805 e. The summed E-state index contributed by atoms with van der Waals surface area (Å²) >= 11 is 0. The van der Waals surface area contributed by atoms with Crippen molar-refractivity contribution in [2.75, 3.05) is 0 Å². The van der Waals surface area contributed by atoms with Crippen LogP contribution in [0.3, 0.4) is 0 Å². The Morgan fingerprint density at radius 1 is 1.17 bits per heavy atom. The highest BCUT2D eigenvalue weighted by atomic mass is 14.0. The molecule has 0 atom stereocenters. The van der Waals surface area contributed by atoms with Crippen LogP contribution < -0.4 is 0 Å². The van der Waals surface area contributed by atoms with Gasteiger partial charge in [-0.2, -0.15) is 0 Å². The lowest BCUT2D eigenvalue weighted by atomic mass is 10.1. The minimum Gasteiger partial charge on any atom is -0.0805 e. The Labute approximate surface area is 76.7 Å². The molecule has 0 radical (unpaired) electrons. The zero-order valence-electron chi connectivity index (χ0n) is 8.72. The Morgan fingerprint density at radius 2 is 1.75 bits per heavy atom. The smallest absolute Gasteiger partial charge is 0.0163 e. The zero-order chi connectivity index (χ0) is 9.40. The third-order valence-corrected chi connectivity index (χ3v) is 1.85. The van der Waals surface area contributed by atoms with Gasteiger partial charge in [-0.15, -0.1) is 0 Å². The lowest BCUT2D eigenvalue weighted by Gasteiger charge is -1.98. The first-order valence-electron chi connectivity index (χ1n) is 4.87. The summed E-state index contributed by atoms with van der Waals surface area (Å²) in [5.41, 5.74) is 2.88. The highest BCUT2D eigenvalue weighted by Crippen LogP contribution is 2.14. The summed E-state index contributed by atoms with van der Waals surface area (Å²) in [6.07, 6.45) is 11.1. The first kappa shape index (κ1) is 11.2. The Kier molecular flexibility index (Phi) is 6.45. The van der Waals surface area contributed by atoms with Crippen molar-refractivity contribution >= 4 is 0 Å². The van der Waals surface area contributed by atoms with Crippen molar-refractivity contribution in [1.29, 1.82) is 0 Å². The van der Waals surface area contributed by atoms with E-state index in [0.717, 1.165) is 12.8 Å². The zero-order valence-corrected chi connectivity index (χ0v) is 8.72. The highest BCUT2D eigenvalue weighted by molar-refractivity contribution is 5.34. The lowest BCUT2D eigenvalue weighted by molar-refractivity contribution is 1.12. The van der Waals surface area contributed by atoms with E-state index in [2.05, 4.69) is 38.2 Å². The van der Waals surface area contributed by atoms with Gasteiger partial charge in [0, 0.05) is 0 Å². The molecule has 0 aromatic rings. The average Bonchev–Trinajstić information content (AvgIpc) is 2.33. The Hall–Kier alpha value is -0.780. The standard InChI is InChI=1S/C10H14.C2H6/c1-3-10-8-6-4-5-7-9(10)2;1-2/h5-8H,3-4H2,1-2H3;1-2H3. The van der Waals surface area contributed by atoms with E-state index in [9.17, 15) is 0 Å². The van der Waals surface area contributed by atoms with Crippen LogP contribution in [0.4, 0.5) is 0 Å². The predicted molar refractivity (Wildman–Crippen MR) is 57.2 cm³/mol. The maximum Gasteiger partial charge on any atom is -0.0163 e. The van der Waals surface area contributed by atoms with Gasteiger partial charge in [0.2, 0.25) is 0 Å². The van der Waals surface area contributed by atoms with Gasteiger partial charge >= 0.3 is 0 Å². The summed E-state index contributed by atoms with van der Waals surface area (Å²) in [4.78, 5) is 0. The maximum absolute atomic E-state index is 2.23. The molecule has 0 aliphatic heterocycles. The lowest BCUT2D eigenvalue weighted by Crippen LogP contribution is -1.77. The predicted octanol–water partition coefficient (Wildman–Crippen LogP) is 4.26. The van der Waals surface area contributed by atoms with Crippen LogP contribution in [0.5, 0.6) is 0 Å². The Bertz CT molecular complexity index is 192. The van der Waals surface area contributed by atoms with Gasteiger partial charge in [0.15, 0.2) is 0 Å². The van der Waals surface area contributed by atoms with Crippen LogP contribution >= 0.6 is 0 Å². The van der Waals surface area contributed by atoms with Crippen LogP contribution in [0.1, 0.15) is 40.5 Å². The molecule has 0 N–H and O–H groups in total. The van der Waals surface area contributed by atoms with E-state index in [1.54, 1.807) is 0 Å². The number of hydrogen-bond acceptors (Lipinski definition) is 0. The van der Waals surface area contributed by atoms with E-state index < -0.39 is 0 Å². The van der Waals surface area contributed by atoms with Gasteiger partial charge < -0.3 is 0 Å². The summed E-state index contributed by atoms with van der Waals surface area (Å²) in [7, 11) is 0. The molecule has 0 amide bonds. The van der Waals surface area contributed by atoms with Gasteiger partial charge in [0.1, 0.15) is 0 Å². The fourth-order valence-electron chi connectivity index (χ4n) is 1.17. The second-order valence-electron chi connectivity index (χ2n) is 2.60. The van der Waals surface area contributed by atoms with E-state index >= 15 is 0 Å². The SMILES string of the molecule is CC.CCC1=C(C)C=CCC=C1. The van der Waals surface area contributed by atoms with Crippen molar-refractivity contribution in [2.24, 2.45) is 0 Å². The summed E-state index contributed by atoms with van der Waals surface area (Å²) < 4.78 is 0. The minimum absolute atomic E-state index is 1.08. The molecule has 0 heterocycles. The molecule has 12 heavy (non-hydrogen) atoms. The van der Waals surface area contributed by atoms with Crippen LogP contribution in [-0.4, -0.2) is 0 Å². The fourth-order valence-corrected chi connectivity index (χ4v) is 1.17. The van der Waals surface area contributed by atoms with Crippen LogP contribution in [0, 0.1) is 0 Å². The number of hydrogen-bond donors (Lipinski definition) is 0. The molecule has 68 valence electrons. The van der Waals surface area contributed by atoms with Gasteiger partial charge in [-0.05, 0) is 30.9 Å². The molecular formula is C12H20. The number of rotatable bonds is 1. The van der Waals surface area contributed by atoms with Crippen molar-refractivity contribution in [3.8, 4) is 0 Å². The van der Waals surface area contributed by atoms with Crippen molar-refractivity contribution < 1.29 is 0 Å². The molecule has 1 aliphatic carbocycles. The van der Waals surface area contributed by atoms with Gasteiger partial charge in [-0.1, -0.05) is 45.1 Å². The van der Waals surface area contributed by atoms with Crippen molar-refractivity contribution in [3.05, 3.63) is 35.5 Å². The summed E-state index contributed by atoms with van der Waals surface area (Å²) in [5.74, 6) is 0. The first-order chi connectivity index (χ1) is 5.84. The normalized spacial score (nSPS) is 15.3. The molecule has 1 rings (SSSR count). The van der Waals surface area contributed by atoms with Crippen molar-refractivity contribution in [1.82, 2.24) is 0 Å². The summed E-state index contributed by atoms with van der Waals surface area (Å²) in [5, 5.41) is 0. The molecule has 1 aliphatic rings. The molecule has 0 aromatic heterocycles. The van der Waals surface area contributed by atoms with E-state index in [0.29, 0.717) is 0 Å². The van der Waals surface area contributed by atoms with E-state index in [-0.39, 0.29) is 0 Å². The maximum atomic E-state index is 2.23. The Morgan fingerprint density at radius 3 is 2.33 bits per heavy atom. The molecule has 0 saturated heterocycles. The molecular weight excluding hydrogens is 144 g/mol. The van der Waals surface area contributed by atoms with Gasteiger partial charge in [-0.3, -0.25) is 0 Å². The van der Waals surface area contributed by atoms with Gasteiger partial charge in [0.05, 0.1) is 0 Å². The molecule has 0 spiro atoms. The monoisotopic (exact) mass is 164 g/mol. The van der Waals surface area contributed by atoms with Crippen LogP contribution in [-0.2, 0) is 0 Å². The van der Waals surface area contributed by atoms with Crippen LogP contribution in [0.25, 0.3) is 0 Å². The Balaban J connectivity index is 0.000000561. The molecule has 0 fully saturated rings.